The first-order valence-corrected chi connectivity index (χ1v) is 8.98. The van der Waals surface area contributed by atoms with Crippen LogP contribution in [0.15, 0.2) is 48.0 Å². The minimum atomic E-state index is -0.680. The second kappa shape index (κ2) is 8.49. The van der Waals surface area contributed by atoms with Gasteiger partial charge in [-0.2, -0.15) is 5.26 Å². The molecule has 4 amide bonds. The number of hydrogen-bond acceptors (Lipinski definition) is 6. The molecule has 8 nitrogen and oxygen atoms in total. The van der Waals surface area contributed by atoms with Gasteiger partial charge in [-0.3, -0.25) is 19.4 Å². The van der Waals surface area contributed by atoms with Crippen LogP contribution in [0.1, 0.15) is 16.7 Å². The third-order valence-electron chi connectivity index (χ3n) is 4.66. The van der Waals surface area contributed by atoms with Crippen molar-refractivity contribution in [3.63, 3.8) is 0 Å². The zero-order valence-electron chi connectivity index (χ0n) is 16.7. The number of carbonyl (C=O) groups excluding carboxylic acids is 3. The number of nitrogens with zero attached hydrogens (tertiary/aromatic N) is 3. The molecular weight excluding hydrogens is 386 g/mol. The average molecular weight is 405 g/mol. The van der Waals surface area contributed by atoms with Gasteiger partial charge in [0.1, 0.15) is 12.2 Å². The number of benzene rings is 2. The normalized spacial score (nSPS) is 13.9. The van der Waals surface area contributed by atoms with Crippen LogP contribution in [-0.2, 0) is 16.2 Å². The molecule has 1 aliphatic rings. The van der Waals surface area contributed by atoms with E-state index in [4.69, 9.17) is 9.47 Å². The molecule has 0 spiro atoms. The van der Waals surface area contributed by atoms with Crippen LogP contribution in [0.3, 0.4) is 0 Å². The van der Waals surface area contributed by atoms with Crippen LogP contribution in [0.25, 0.3) is 6.08 Å². The molecule has 1 aliphatic heterocycles. The summed E-state index contributed by atoms with van der Waals surface area (Å²) in [6.07, 6.45) is 1.40. The SMILES string of the molecule is COc1cc(C=C2C(=O)N(C)C(=O)N(C)C2=O)ccc1OCc1ccccc1C#N. The molecule has 0 unspecified atom stereocenters. The number of amides is 4. The van der Waals surface area contributed by atoms with E-state index in [1.54, 1.807) is 36.4 Å². The number of urea groups is 1. The van der Waals surface area contributed by atoms with Crippen molar-refractivity contribution in [2.75, 3.05) is 21.2 Å². The maximum atomic E-state index is 12.3. The van der Waals surface area contributed by atoms with Gasteiger partial charge in [0.15, 0.2) is 11.5 Å². The Morgan fingerprint density at radius 3 is 2.30 bits per heavy atom. The molecule has 0 aromatic heterocycles. The van der Waals surface area contributed by atoms with Crippen molar-refractivity contribution in [1.82, 2.24) is 9.80 Å². The van der Waals surface area contributed by atoms with E-state index in [9.17, 15) is 19.6 Å². The highest BCUT2D eigenvalue weighted by molar-refractivity contribution is 6.30. The minimum absolute atomic E-state index is 0.127. The molecule has 0 aliphatic carbocycles. The number of barbiturate groups is 1. The van der Waals surface area contributed by atoms with E-state index in [1.807, 2.05) is 6.07 Å². The number of methoxy groups -OCH3 is 1. The van der Waals surface area contributed by atoms with Crippen molar-refractivity contribution >= 4 is 23.9 Å². The minimum Gasteiger partial charge on any atom is -0.493 e. The van der Waals surface area contributed by atoms with Crippen LogP contribution < -0.4 is 9.47 Å². The van der Waals surface area contributed by atoms with Crippen LogP contribution >= 0.6 is 0 Å². The zero-order chi connectivity index (χ0) is 21.8. The van der Waals surface area contributed by atoms with E-state index in [2.05, 4.69) is 6.07 Å². The van der Waals surface area contributed by atoms with E-state index in [1.165, 1.54) is 27.3 Å². The lowest BCUT2D eigenvalue weighted by Crippen LogP contribution is -2.52. The lowest BCUT2D eigenvalue weighted by atomic mass is 10.1. The number of hydrogen-bond donors (Lipinski definition) is 0. The van der Waals surface area contributed by atoms with Crippen LogP contribution in [0.4, 0.5) is 4.79 Å². The van der Waals surface area contributed by atoms with Gasteiger partial charge < -0.3 is 9.47 Å². The first-order valence-electron chi connectivity index (χ1n) is 8.98. The summed E-state index contributed by atoms with van der Waals surface area (Å²) < 4.78 is 11.2. The molecule has 152 valence electrons. The highest BCUT2D eigenvalue weighted by Gasteiger charge is 2.37. The Labute approximate surface area is 173 Å². The van der Waals surface area contributed by atoms with E-state index in [0.29, 0.717) is 22.6 Å². The van der Waals surface area contributed by atoms with Gasteiger partial charge in [0.05, 0.1) is 18.7 Å². The molecule has 2 aromatic rings. The van der Waals surface area contributed by atoms with Crippen LogP contribution in [0, 0.1) is 11.3 Å². The summed E-state index contributed by atoms with van der Waals surface area (Å²) in [6.45, 7) is 0.176. The number of carbonyl (C=O) groups is 3. The Balaban J connectivity index is 1.86. The van der Waals surface area contributed by atoms with Gasteiger partial charge in [-0.25, -0.2) is 4.79 Å². The zero-order valence-corrected chi connectivity index (χ0v) is 16.7. The summed E-state index contributed by atoms with van der Waals surface area (Å²) in [5, 5.41) is 9.19. The van der Waals surface area contributed by atoms with Crippen LogP contribution in [-0.4, -0.2) is 48.9 Å². The van der Waals surface area contributed by atoms with Crippen molar-refractivity contribution in [2.45, 2.75) is 6.61 Å². The molecular formula is C22H19N3O5. The number of nitriles is 1. The van der Waals surface area contributed by atoms with Crippen molar-refractivity contribution in [2.24, 2.45) is 0 Å². The standard InChI is InChI=1S/C22H19N3O5/c1-24-20(26)17(21(27)25(2)22(24)28)10-14-8-9-18(19(11-14)29-3)30-13-16-7-5-4-6-15(16)12-23/h4-11H,13H2,1-3H3. The molecule has 1 heterocycles. The van der Waals surface area contributed by atoms with Gasteiger partial charge in [0.25, 0.3) is 11.8 Å². The highest BCUT2D eigenvalue weighted by atomic mass is 16.5. The predicted octanol–water partition coefficient (Wildman–Crippen LogP) is 2.58. The van der Waals surface area contributed by atoms with Gasteiger partial charge in [-0.15, -0.1) is 0 Å². The van der Waals surface area contributed by atoms with Crippen LogP contribution in [0.2, 0.25) is 0 Å². The van der Waals surface area contributed by atoms with Gasteiger partial charge >= 0.3 is 6.03 Å². The molecule has 2 aromatic carbocycles. The van der Waals surface area contributed by atoms with Gasteiger partial charge in [0, 0.05) is 19.7 Å². The molecule has 8 heteroatoms. The summed E-state index contributed by atoms with van der Waals surface area (Å²) in [4.78, 5) is 38.3. The Hall–Kier alpha value is -4.12. The number of imide groups is 2. The Kier molecular flexibility index (Phi) is 5.83. The third-order valence-corrected chi connectivity index (χ3v) is 4.66. The van der Waals surface area contributed by atoms with Gasteiger partial charge in [-0.1, -0.05) is 24.3 Å². The van der Waals surface area contributed by atoms with Crippen molar-refractivity contribution in [3.8, 4) is 17.6 Å². The van der Waals surface area contributed by atoms with Crippen molar-refractivity contribution in [1.29, 1.82) is 5.26 Å². The third kappa shape index (κ3) is 3.86. The summed E-state index contributed by atoms with van der Waals surface area (Å²) in [7, 11) is 4.11. The number of ether oxygens (including phenoxy) is 2. The molecule has 30 heavy (non-hydrogen) atoms. The number of likely N-dealkylation sites (N-methyl/N-ethyl adjacent to an activating group) is 2. The molecule has 0 radical (unpaired) electrons. The van der Waals surface area contributed by atoms with Crippen LogP contribution in [0.5, 0.6) is 11.5 Å². The Morgan fingerprint density at radius 2 is 1.67 bits per heavy atom. The fraction of sp³-hybridized carbons (Fsp3) is 0.182. The second-order valence-electron chi connectivity index (χ2n) is 6.54. The number of rotatable bonds is 5. The second-order valence-corrected chi connectivity index (χ2v) is 6.54. The van der Waals surface area contributed by atoms with E-state index < -0.39 is 17.8 Å². The fourth-order valence-electron chi connectivity index (χ4n) is 2.95. The topological polar surface area (TPSA) is 99.9 Å². The summed E-state index contributed by atoms with van der Waals surface area (Å²) in [5.41, 5.74) is 1.67. The maximum Gasteiger partial charge on any atom is 0.333 e. The molecule has 1 saturated heterocycles. The quantitative estimate of drug-likeness (QED) is 0.560. The first kappa shape index (κ1) is 20.6. The average Bonchev–Trinajstić information content (AvgIpc) is 2.78. The molecule has 0 saturated carbocycles. The van der Waals surface area contributed by atoms with Crippen molar-refractivity contribution < 1.29 is 23.9 Å². The predicted molar refractivity (Wildman–Crippen MR) is 107 cm³/mol. The largest absolute Gasteiger partial charge is 0.493 e. The smallest absolute Gasteiger partial charge is 0.333 e. The first-order chi connectivity index (χ1) is 14.4. The van der Waals surface area contributed by atoms with Gasteiger partial charge in [-0.05, 0) is 29.8 Å². The fourth-order valence-corrected chi connectivity index (χ4v) is 2.95. The summed E-state index contributed by atoms with van der Waals surface area (Å²) in [6, 6.07) is 13.5. The molecule has 3 rings (SSSR count). The molecule has 0 N–H and O–H groups in total. The van der Waals surface area contributed by atoms with E-state index in [0.717, 1.165) is 15.4 Å². The maximum absolute atomic E-state index is 12.3. The Bertz CT molecular complexity index is 1070. The lowest BCUT2D eigenvalue weighted by molar-refractivity contribution is -0.134. The van der Waals surface area contributed by atoms with Gasteiger partial charge in [0.2, 0.25) is 0 Å². The molecule has 0 atom stereocenters. The summed E-state index contributed by atoms with van der Waals surface area (Å²) >= 11 is 0. The Morgan fingerprint density at radius 1 is 1.00 bits per heavy atom. The highest BCUT2D eigenvalue weighted by Crippen LogP contribution is 2.30. The van der Waals surface area contributed by atoms with E-state index >= 15 is 0 Å². The van der Waals surface area contributed by atoms with E-state index in [-0.39, 0.29) is 12.2 Å². The molecule has 0 bridgehead atoms. The monoisotopic (exact) mass is 405 g/mol. The molecule has 1 fully saturated rings. The van der Waals surface area contributed by atoms with Crippen molar-refractivity contribution in [3.05, 3.63) is 64.7 Å². The summed E-state index contributed by atoms with van der Waals surface area (Å²) in [5.74, 6) is -0.503. The lowest BCUT2D eigenvalue weighted by Gasteiger charge is -2.28.